The maximum atomic E-state index is 14.1. The standard InChI is InChI=1S/C24H28FN5/c1-4-5-6-18-7-8-22(17-24(18)25)29-28-20-11-9-19(10-12-20)26-27-21-13-15-23(16-14-21)30(2)3/h7-17,28-29H,4-6H2,1-3H3/b27-26+. The Hall–Kier alpha value is -3.41. The fourth-order valence-corrected chi connectivity index (χ4v) is 2.88. The van der Waals surface area contributed by atoms with Gasteiger partial charge in [-0.25, -0.2) is 4.39 Å². The second kappa shape index (κ2) is 10.4. The second-order valence-electron chi connectivity index (χ2n) is 7.32. The van der Waals surface area contributed by atoms with Crippen molar-refractivity contribution in [2.45, 2.75) is 26.2 Å². The molecule has 0 atom stereocenters. The van der Waals surface area contributed by atoms with Crippen LogP contribution in [0, 0.1) is 5.82 Å². The first-order valence-corrected chi connectivity index (χ1v) is 10.1. The van der Waals surface area contributed by atoms with E-state index in [1.807, 2.05) is 79.7 Å². The summed E-state index contributed by atoms with van der Waals surface area (Å²) in [4.78, 5) is 2.04. The number of nitrogens with zero attached hydrogens (tertiary/aromatic N) is 3. The first-order valence-electron chi connectivity index (χ1n) is 10.1. The van der Waals surface area contributed by atoms with Gasteiger partial charge in [-0.3, -0.25) is 0 Å². The van der Waals surface area contributed by atoms with Crippen LogP contribution in [0.4, 0.5) is 32.8 Å². The molecule has 3 aromatic rings. The van der Waals surface area contributed by atoms with Crippen LogP contribution in [0.1, 0.15) is 25.3 Å². The molecule has 2 N–H and O–H groups in total. The Balaban J connectivity index is 1.55. The number of nitrogens with one attached hydrogen (secondary N) is 2. The van der Waals surface area contributed by atoms with Gasteiger partial charge in [0, 0.05) is 19.8 Å². The third kappa shape index (κ3) is 6.04. The van der Waals surface area contributed by atoms with Gasteiger partial charge in [-0.2, -0.15) is 10.2 Å². The Morgan fingerprint density at radius 2 is 1.37 bits per heavy atom. The van der Waals surface area contributed by atoms with E-state index in [0.717, 1.165) is 47.6 Å². The number of azo groups is 1. The van der Waals surface area contributed by atoms with Crippen LogP contribution >= 0.6 is 0 Å². The quantitative estimate of drug-likeness (QED) is 0.295. The van der Waals surface area contributed by atoms with Crippen molar-refractivity contribution in [2.75, 3.05) is 29.8 Å². The summed E-state index contributed by atoms with van der Waals surface area (Å²) in [5.74, 6) is -0.176. The highest BCUT2D eigenvalue weighted by atomic mass is 19.1. The molecule has 0 aliphatic heterocycles. The van der Waals surface area contributed by atoms with Crippen molar-refractivity contribution in [2.24, 2.45) is 10.2 Å². The lowest BCUT2D eigenvalue weighted by Crippen LogP contribution is -2.08. The first-order chi connectivity index (χ1) is 14.5. The molecule has 0 saturated carbocycles. The molecule has 0 spiro atoms. The fourth-order valence-electron chi connectivity index (χ4n) is 2.88. The molecular formula is C24H28FN5. The van der Waals surface area contributed by atoms with Gasteiger partial charge in [0.1, 0.15) is 5.82 Å². The molecule has 0 aromatic heterocycles. The largest absolute Gasteiger partial charge is 0.378 e. The molecular weight excluding hydrogens is 377 g/mol. The van der Waals surface area contributed by atoms with Gasteiger partial charge in [0.05, 0.1) is 22.7 Å². The summed E-state index contributed by atoms with van der Waals surface area (Å²) in [6.07, 6.45) is 2.82. The summed E-state index contributed by atoms with van der Waals surface area (Å²) in [5, 5.41) is 8.54. The molecule has 0 radical (unpaired) electrons. The number of hydrogen-bond donors (Lipinski definition) is 2. The molecule has 5 nitrogen and oxygen atoms in total. The number of hydrazine groups is 1. The summed E-state index contributed by atoms with van der Waals surface area (Å²) >= 11 is 0. The maximum Gasteiger partial charge on any atom is 0.128 e. The van der Waals surface area contributed by atoms with E-state index in [2.05, 4.69) is 28.0 Å². The Morgan fingerprint density at radius 3 is 1.93 bits per heavy atom. The number of halogens is 1. The third-order valence-corrected chi connectivity index (χ3v) is 4.72. The number of rotatable bonds is 9. The predicted octanol–water partition coefficient (Wildman–Crippen LogP) is 7.09. The average molecular weight is 406 g/mol. The predicted molar refractivity (Wildman–Crippen MR) is 124 cm³/mol. The van der Waals surface area contributed by atoms with Gasteiger partial charge in [0.2, 0.25) is 0 Å². The zero-order valence-electron chi connectivity index (χ0n) is 17.7. The number of unbranched alkanes of at least 4 members (excludes halogenated alkanes) is 1. The molecule has 0 aliphatic rings. The van der Waals surface area contributed by atoms with Crippen LogP contribution < -0.4 is 15.8 Å². The highest BCUT2D eigenvalue weighted by molar-refractivity contribution is 5.56. The highest BCUT2D eigenvalue weighted by Crippen LogP contribution is 2.23. The van der Waals surface area contributed by atoms with Gasteiger partial charge >= 0.3 is 0 Å². The molecule has 0 fully saturated rings. The lowest BCUT2D eigenvalue weighted by Gasteiger charge is -2.11. The van der Waals surface area contributed by atoms with Crippen LogP contribution in [-0.2, 0) is 6.42 Å². The van der Waals surface area contributed by atoms with E-state index >= 15 is 0 Å². The number of benzene rings is 3. The Morgan fingerprint density at radius 1 is 0.800 bits per heavy atom. The molecule has 30 heavy (non-hydrogen) atoms. The van der Waals surface area contributed by atoms with Crippen LogP contribution in [0.25, 0.3) is 0 Å². The van der Waals surface area contributed by atoms with Crippen molar-refractivity contribution in [3.63, 3.8) is 0 Å². The molecule has 0 bridgehead atoms. The average Bonchev–Trinajstić information content (AvgIpc) is 2.76. The molecule has 3 aromatic carbocycles. The molecule has 3 rings (SSSR count). The Kier molecular flexibility index (Phi) is 7.38. The normalized spacial score (nSPS) is 10.9. The minimum absolute atomic E-state index is 0.176. The van der Waals surface area contributed by atoms with Crippen molar-refractivity contribution in [3.8, 4) is 0 Å². The SMILES string of the molecule is CCCCc1ccc(NNc2ccc(/N=N/c3ccc(N(C)C)cc3)cc2)cc1F. The van der Waals surface area contributed by atoms with E-state index in [9.17, 15) is 4.39 Å². The van der Waals surface area contributed by atoms with Gasteiger partial charge in [-0.1, -0.05) is 19.4 Å². The maximum absolute atomic E-state index is 14.1. The van der Waals surface area contributed by atoms with Crippen LogP contribution in [0.2, 0.25) is 0 Å². The van der Waals surface area contributed by atoms with Gasteiger partial charge in [-0.05, 0) is 79.1 Å². The summed E-state index contributed by atoms with van der Waals surface area (Å²) in [5.41, 5.74) is 11.1. The lowest BCUT2D eigenvalue weighted by atomic mass is 10.1. The second-order valence-corrected chi connectivity index (χ2v) is 7.32. The fraction of sp³-hybridized carbons (Fsp3) is 0.250. The lowest BCUT2D eigenvalue weighted by molar-refractivity contribution is 0.603. The summed E-state index contributed by atoms with van der Waals surface area (Å²) in [6.45, 7) is 2.10. The van der Waals surface area contributed by atoms with E-state index in [1.165, 1.54) is 6.07 Å². The van der Waals surface area contributed by atoms with Crippen LogP contribution in [-0.4, -0.2) is 14.1 Å². The van der Waals surface area contributed by atoms with Crippen molar-refractivity contribution in [3.05, 3.63) is 78.1 Å². The molecule has 0 aliphatic carbocycles. The Labute approximate surface area is 177 Å². The van der Waals surface area contributed by atoms with E-state index < -0.39 is 0 Å². The van der Waals surface area contributed by atoms with Gasteiger partial charge < -0.3 is 15.8 Å². The molecule has 0 saturated heterocycles. The summed E-state index contributed by atoms with van der Waals surface area (Å²) in [7, 11) is 4.00. The van der Waals surface area contributed by atoms with Crippen molar-refractivity contribution in [1.29, 1.82) is 0 Å². The van der Waals surface area contributed by atoms with Gasteiger partial charge in [-0.15, -0.1) is 0 Å². The minimum atomic E-state index is -0.176. The third-order valence-electron chi connectivity index (χ3n) is 4.72. The van der Waals surface area contributed by atoms with E-state index in [1.54, 1.807) is 0 Å². The van der Waals surface area contributed by atoms with E-state index in [4.69, 9.17) is 0 Å². The van der Waals surface area contributed by atoms with Crippen LogP contribution in [0.3, 0.4) is 0 Å². The molecule has 156 valence electrons. The smallest absolute Gasteiger partial charge is 0.128 e. The minimum Gasteiger partial charge on any atom is -0.378 e. The van der Waals surface area contributed by atoms with Gasteiger partial charge in [0.25, 0.3) is 0 Å². The monoisotopic (exact) mass is 405 g/mol. The van der Waals surface area contributed by atoms with Crippen molar-refractivity contribution < 1.29 is 4.39 Å². The van der Waals surface area contributed by atoms with Crippen molar-refractivity contribution >= 4 is 28.4 Å². The van der Waals surface area contributed by atoms with Crippen LogP contribution in [0.15, 0.2) is 77.0 Å². The number of aryl methyl sites for hydroxylation is 1. The van der Waals surface area contributed by atoms with E-state index in [0.29, 0.717) is 5.69 Å². The Bertz CT molecular complexity index is 966. The molecule has 0 amide bonds. The summed E-state index contributed by atoms with van der Waals surface area (Å²) < 4.78 is 14.1. The molecule has 6 heteroatoms. The topological polar surface area (TPSA) is 52.0 Å². The van der Waals surface area contributed by atoms with Gasteiger partial charge in [0.15, 0.2) is 0 Å². The number of hydrogen-bond acceptors (Lipinski definition) is 5. The molecule has 0 heterocycles. The zero-order valence-corrected chi connectivity index (χ0v) is 17.7. The summed E-state index contributed by atoms with van der Waals surface area (Å²) in [6, 6.07) is 20.6. The highest BCUT2D eigenvalue weighted by Gasteiger charge is 2.03. The first kappa shape index (κ1) is 21.3. The zero-order chi connectivity index (χ0) is 21.3. The van der Waals surface area contributed by atoms with E-state index in [-0.39, 0.29) is 5.82 Å². The van der Waals surface area contributed by atoms with Crippen molar-refractivity contribution in [1.82, 2.24) is 0 Å². The number of anilines is 3. The van der Waals surface area contributed by atoms with Crippen LogP contribution in [0.5, 0.6) is 0 Å². The molecule has 0 unspecified atom stereocenters.